The number of aliphatic imine (C=N–C) groups is 1. The maximum absolute atomic E-state index is 11.0. The third-order valence-corrected chi connectivity index (χ3v) is 5.83. The van der Waals surface area contributed by atoms with E-state index in [1.165, 1.54) is 11.1 Å². The second-order valence-corrected chi connectivity index (χ2v) is 7.39. The molecule has 9 nitrogen and oxygen atoms in total. The second-order valence-electron chi connectivity index (χ2n) is 3.38. The highest BCUT2D eigenvalue weighted by Gasteiger charge is 2.60. The van der Waals surface area contributed by atoms with Crippen LogP contribution in [-0.2, 0) is 9.13 Å². The largest absolute Gasteiger partial charge is 0.370 e. The molecule has 1 aliphatic heterocycles. The van der Waals surface area contributed by atoms with Gasteiger partial charge in [0, 0.05) is 12.8 Å². The molecule has 11 heteroatoms. The van der Waals surface area contributed by atoms with Crippen LogP contribution in [0.15, 0.2) is 4.99 Å². The first-order valence-corrected chi connectivity index (χ1v) is 7.35. The Balaban J connectivity index is 2.97. The Labute approximate surface area is 90.7 Å². The molecule has 0 aromatic carbocycles. The average Bonchev–Trinajstić information content (AvgIpc) is 2.52. The smallest absolute Gasteiger partial charge is 0.367 e. The van der Waals surface area contributed by atoms with Crippen molar-refractivity contribution in [2.45, 2.75) is 5.08 Å². The summed E-state index contributed by atoms with van der Waals surface area (Å²) in [5, 5.41) is 6.14. The first-order valence-electron chi connectivity index (χ1n) is 4.12. The van der Waals surface area contributed by atoms with Crippen LogP contribution < -0.4 is 0 Å². The van der Waals surface area contributed by atoms with Crippen LogP contribution in [0.1, 0.15) is 0 Å². The molecule has 0 amide bonds. The van der Waals surface area contributed by atoms with Crippen LogP contribution in [0.5, 0.6) is 0 Å². The highest BCUT2D eigenvalue weighted by Crippen LogP contribution is 2.67. The molecule has 0 bridgehead atoms. The average molecular weight is 274 g/mol. The van der Waals surface area contributed by atoms with E-state index >= 15 is 0 Å². The molecule has 16 heavy (non-hydrogen) atoms. The fourth-order valence-electron chi connectivity index (χ4n) is 1.17. The Morgan fingerprint density at radius 3 is 2.06 bits per heavy atom. The third kappa shape index (κ3) is 2.58. The van der Waals surface area contributed by atoms with E-state index in [-0.39, 0.29) is 13.2 Å². The van der Waals surface area contributed by atoms with E-state index in [2.05, 4.69) is 4.99 Å². The van der Waals surface area contributed by atoms with Crippen molar-refractivity contribution in [3.8, 4) is 0 Å². The number of rotatable bonds is 4. The quantitative estimate of drug-likeness (QED) is 0.382. The van der Waals surface area contributed by atoms with Gasteiger partial charge in [0.25, 0.3) is 5.08 Å². The summed E-state index contributed by atoms with van der Waals surface area (Å²) in [5.41, 5.74) is 0. The van der Waals surface area contributed by atoms with Crippen LogP contribution in [-0.4, -0.2) is 60.6 Å². The highest BCUT2D eigenvalue weighted by molar-refractivity contribution is 7.72. The van der Waals surface area contributed by atoms with E-state index in [0.717, 1.165) is 0 Å². The monoisotopic (exact) mass is 274 g/mol. The fourth-order valence-corrected chi connectivity index (χ4v) is 3.30. The number of hydrogen-bond acceptors (Lipinski definition) is 5. The normalized spacial score (nSPS) is 19.3. The minimum Gasteiger partial charge on any atom is -0.367 e. The third-order valence-electron chi connectivity index (χ3n) is 2.12. The number of aliphatic hydroxyl groups is 1. The van der Waals surface area contributed by atoms with Gasteiger partial charge in [-0.3, -0.25) is 19.0 Å². The van der Waals surface area contributed by atoms with Gasteiger partial charge in [-0.05, 0) is 0 Å². The number of β-amino-alcohol motifs (C(OH)–C–C–N with tert-alkyl or cyclic N) is 1. The molecule has 0 aromatic heterocycles. The summed E-state index contributed by atoms with van der Waals surface area (Å²) in [6, 6.07) is 0. The summed E-state index contributed by atoms with van der Waals surface area (Å²) in [5.74, 6) is 0. The Kier molecular flexibility index (Phi) is 3.74. The standard InChI is InChI=1S/C5H12N2O7P2/c8-5(15(9,10)11,16(12,13)14)3-7-2-1-6-4-7/h1,8H,2-4H2,(H2,9,10,11)(H2,12,13,14). The molecule has 1 rings (SSSR count). The maximum Gasteiger partial charge on any atom is 0.370 e. The van der Waals surface area contributed by atoms with Gasteiger partial charge in [-0.25, -0.2) is 0 Å². The molecule has 5 N–H and O–H groups in total. The van der Waals surface area contributed by atoms with E-state index in [1.54, 1.807) is 0 Å². The molecule has 0 atom stereocenters. The summed E-state index contributed by atoms with van der Waals surface area (Å²) in [6.07, 6.45) is 1.42. The molecule has 0 aliphatic carbocycles. The molecule has 0 radical (unpaired) electrons. The minimum absolute atomic E-state index is 0.0301. The summed E-state index contributed by atoms with van der Waals surface area (Å²) in [4.78, 5) is 40.2. The molecule has 0 saturated heterocycles. The second kappa shape index (κ2) is 4.29. The summed E-state index contributed by atoms with van der Waals surface area (Å²) in [7, 11) is -10.7. The van der Waals surface area contributed by atoms with Crippen molar-refractivity contribution in [1.82, 2.24) is 4.90 Å². The summed E-state index contributed by atoms with van der Waals surface area (Å²) < 4.78 is 21.9. The van der Waals surface area contributed by atoms with E-state index in [9.17, 15) is 14.2 Å². The van der Waals surface area contributed by atoms with Gasteiger partial charge < -0.3 is 24.7 Å². The fraction of sp³-hybridized carbons (Fsp3) is 0.800. The van der Waals surface area contributed by atoms with Crippen molar-refractivity contribution < 1.29 is 33.8 Å². The molecular formula is C5H12N2O7P2. The maximum atomic E-state index is 11.0. The van der Waals surface area contributed by atoms with E-state index in [1.807, 2.05) is 0 Å². The molecule has 0 spiro atoms. The molecular weight excluding hydrogens is 262 g/mol. The van der Waals surface area contributed by atoms with Crippen molar-refractivity contribution in [1.29, 1.82) is 0 Å². The van der Waals surface area contributed by atoms with Gasteiger partial charge in [0.05, 0.1) is 13.2 Å². The lowest BCUT2D eigenvalue weighted by atomic mass is 10.5. The van der Waals surface area contributed by atoms with Crippen molar-refractivity contribution in [2.75, 3.05) is 19.8 Å². The zero-order valence-electron chi connectivity index (χ0n) is 8.04. The SMILES string of the molecule is O=P(O)(O)C(O)(CN1CC=NC1)P(=O)(O)O. The Morgan fingerprint density at radius 1 is 1.25 bits per heavy atom. The number of nitrogens with zero attached hydrogens (tertiary/aromatic N) is 2. The van der Waals surface area contributed by atoms with Crippen LogP contribution in [0.25, 0.3) is 0 Å². The van der Waals surface area contributed by atoms with E-state index in [4.69, 9.17) is 19.6 Å². The van der Waals surface area contributed by atoms with Gasteiger partial charge in [0.15, 0.2) is 0 Å². The van der Waals surface area contributed by atoms with Crippen LogP contribution in [0.2, 0.25) is 0 Å². The van der Waals surface area contributed by atoms with E-state index < -0.39 is 26.8 Å². The lowest BCUT2D eigenvalue weighted by molar-refractivity contribution is 0.0963. The minimum atomic E-state index is -5.37. The molecule has 0 unspecified atom stereocenters. The predicted molar refractivity (Wildman–Crippen MR) is 54.0 cm³/mol. The van der Waals surface area contributed by atoms with Crippen LogP contribution in [0, 0.1) is 0 Å². The first-order chi connectivity index (χ1) is 7.08. The molecule has 0 aromatic rings. The summed E-state index contributed by atoms with van der Waals surface area (Å²) in [6.45, 7) is -0.647. The lowest BCUT2D eigenvalue weighted by Crippen LogP contribution is -2.42. The van der Waals surface area contributed by atoms with E-state index in [0.29, 0.717) is 0 Å². The lowest BCUT2D eigenvalue weighted by Gasteiger charge is -2.32. The number of hydrogen-bond donors (Lipinski definition) is 5. The van der Waals surface area contributed by atoms with Crippen LogP contribution >= 0.6 is 15.2 Å². The first kappa shape index (κ1) is 14.0. The molecule has 1 heterocycles. The molecule has 0 fully saturated rings. The van der Waals surface area contributed by atoms with Gasteiger partial charge in [0.2, 0.25) is 0 Å². The van der Waals surface area contributed by atoms with Crippen molar-refractivity contribution in [3.05, 3.63) is 0 Å². The highest BCUT2D eigenvalue weighted by atomic mass is 31.2. The van der Waals surface area contributed by atoms with Gasteiger partial charge in [-0.15, -0.1) is 0 Å². The zero-order valence-corrected chi connectivity index (χ0v) is 9.83. The van der Waals surface area contributed by atoms with Gasteiger partial charge in [-0.1, -0.05) is 0 Å². The van der Waals surface area contributed by atoms with Crippen LogP contribution in [0.4, 0.5) is 0 Å². The Hall–Kier alpha value is -0.110. The van der Waals surface area contributed by atoms with Gasteiger partial charge in [-0.2, -0.15) is 0 Å². The Bertz CT molecular complexity index is 354. The van der Waals surface area contributed by atoms with Crippen molar-refractivity contribution in [3.63, 3.8) is 0 Å². The molecule has 94 valence electrons. The summed E-state index contributed by atoms with van der Waals surface area (Å²) >= 11 is 0. The Morgan fingerprint density at radius 2 is 1.75 bits per heavy atom. The zero-order chi connectivity index (χ0) is 12.6. The molecule has 0 saturated carbocycles. The van der Waals surface area contributed by atoms with Gasteiger partial charge >= 0.3 is 15.2 Å². The van der Waals surface area contributed by atoms with Crippen molar-refractivity contribution in [2.24, 2.45) is 4.99 Å². The topological polar surface area (TPSA) is 151 Å². The van der Waals surface area contributed by atoms with Crippen LogP contribution in [0.3, 0.4) is 0 Å². The van der Waals surface area contributed by atoms with Gasteiger partial charge in [0.1, 0.15) is 0 Å². The van der Waals surface area contributed by atoms with Crippen molar-refractivity contribution >= 4 is 21.4 Å². The predicted octanol–water partition coefficient (Wildman–Crippen LogP) is -1.67. The molecule has 1 aliphatic rings.